The predicted octanol–water partition coefficient (Wildman–Crippen LogP) is 2.67. The maximum absolute atomic E-state index is 9.22. The Morgan fingerprint density at radius 3 is 2.56 bits per heavy atom. The Labute approximate surface area is 102 Å². The molecular formula is C13H21NOS. The zero-order chi connectivity index (χ0) is 11.8. The normalized spacial score (nSPS) is 12.6. The summed E-state index contributed by atoms with van der Waals surface area (Å²) in [7, 11) is 0. The van der Waals surface area contributed by atoms with Gasteiger partial charge < -0.3 is 10.4 Å². The maximum Gasteiger partial charge on any atom is 0.115 e. The predicted molar refractivity (Wildman–Crippen MR) is 72.3 cm³/mol. The summed E-state index contributed by atoms with van der Waals surface area (Å²) in [6.07, 6.45) is 4.33. The van der Waals surface area contributed by atoms with E-state index in [-0.39, 0.29) is 0 Å². The number of rotatable bonds is 7. The first-order valence-corrected chi connectivity index (χ1v) is 7.16. The molecule has 0 radical (unpaired) electrons. The fourth-order valence-corrected chi connectivity index (χ4v) is 2.29. The number of hydrogen-bond donors (Lipinski definition) is 2. The molecule has 0 saturated carbocycles. The molecule has 1 aromatic carbocycles. The maximum atomic E-state index is 9.22. The molecule has 0 bridgehead atoms. The summed E-state index contributed by atoms with van der Waals surface area (Å²) >= 11 is 1.87. The molecule has 0 aliphatic rings. The van der Waals surface area contributed by atoms with Crippen LogP contribution in [0.3, 0.4) is 0 Å². The third-order valence-electron chi connectivity index (χ3n) is 2.47. The highest BCUT2D eigenvalue weighted by Gasteiger charge is 2.07. The molecule has 16 heavy (non-hydrogen) atoms. The molecule has 0 heterocycles. The lowest BCUT2D eigenvalue weighted by atomic mass is 10.1. The molecular weight excluding hydrogens is 218 g/mol. The highest BCUT2D eigenvalue weighted by Crippen LogP contribution is 2.12. The van der Waals surface area contributed by atoms with Gasteiger partial charge in [0.05, 0.1) is 0 Å². The molecule has 0 aliphatic heterocycles. The van der Waals surface area contributed by atoms with Gasteiger partial charge in [0.25, 0.3) is 0 Å². The van der Waals surface area contributed by atoms with Crippen LogP contribution >= 0.6 is 11.8 Å². The van der Waals surface area contributed by atoms with Crippen molar-refractivity contribution in [2.24, 2.45) is 0 Å². The van der Waals surface area contributed by atoms with Gasteiger partial charge in [-0.1, -0.05) is 19.1 Å². The van der Waals surface area contributed by atoms with Crippen LogP contribution in [-0.2, 0) is 6.42 Å². The van der Waals surface area contributed by atoms with Gasteiger partial charge >= 0.3 is 0 Å². The van der Waals surface area contributed by atoms with Crippen molar-refractivity contribution in [1.29, 1.82) is 0 Å². The van der Waals surface area contributed by atoms with Gasteiger partial charge in [-0.15, -0.1) is 0 Å². The number of phenols is 1. The largest absolute Gasteiger partial charge is 0.508 e. The summed E-state index contributed by atoms with van der Waals surface area (Å²) in [6, 6.07) is 8.03. The zero-order valence-electron chi connectivity index (χ0n) is 10.1. The van der Waals surface area contributed by atoms with E-state index >= 15 is 0 Å². The average Bonchev–Trinajstić information content (AvgIpc) is 2.29. The topological polar surface area (TPSA) is 32.3 Å². The Morgan fingerprint density at radius 2 is 2.00 bits per heavy atom. The lowest BCUT2D eigenvalue weighted by Gasteiger charge is -2.17. The molecule has 1 atom stereocenters. The van der Waals surface area contributed by atoms with Crippen molar-refractivity contribution in [2.75, 3.05) is 18.6 Å². The minimum atomic E-state index is 0.340. The van der Waals surface area contributed by atoms with Crippen molar-refractivity contribution in [1.82, 2.24) is 5.32 Å². The van der Waals surface area contributed by atoms with E-state index in [1.807, 2.05) is 23.9 Å². The van der Waals surface area contributed by atoms with Crippen LogP contribution in [0, 0.1) is 0 Å². The van der Waals surface area contributed by atoms with Gasteiger partial charge in [0, 0.05) is 11.8 Å². The highest BCUT2D eigenvalue weighted by atomic mass is 32.2. The van der Waals surface area contributed by atoms with Gasteiger partial charge in [-0.2, -0.15) is 11.8 Å². The molecule has 3 heteroatoms. The van der Waals surface area contributed by atoms with E-state index < -0.39 is 0 Å². The van der Waals surface area contributed by atoms with Crippen LogP contribution in [0.4, 0.5) is 0 Å². The average molecular weight is 239 g/mol. The minimum absolute atomic E-state index is 0.340. The second kappa shape index (κ2) is 7.58. The number of phenolic OH excluding ortho intramolecular Hbond substituents is 1. The Kier molecular flexibility index (Phi) is 6.34. The van der Waals surface area contributed by atoms with E-state index in [4.69, 9.17) is 0 Å². The standard InChI is InChI=1S/C13H21NOS/c1-3-8-14-12(10-16-2)9-11-4-6-13(15)7-5-11/h4-7,12,14-15H,3,8-10H2,1-2H3. The SMILES string of the molecule is CCCNC(CSC)Cc1ccc(O)cc1. The molecule has 0 spiro atoms. The van der Waals surface area contributed by atoms with Crippen molar-refractivity contribution in [3.05, 3.63) is 29.8 Å². The molecule has 0 fully saturated rings. The molecule has 0 saturated heterocycles. The van der Waals surface area contributed by atoms with Crippen LogP contribution in [0.5, 0.6) is 5.75 Å². The molecule has 1 unspecified atom stereocenters. The van der Waals surface area contributed by atoms with Crippen LogP contribution in [-0.4, -0.2) is 29.7 Å². The monoisotopic (exact) mass is 239 g/mol. The van der Waals surface area contributed by atoms with Gasteiger partial charge in [-0.25, -0.2) is 0 Å². The molecule has 1 rings (SSSR count). The third kappa shape index (κ3) is 4.90. The highest BCUT2D eigenvalue weighted by molar-refractivity contribution is 7.98. The summed E-state index contributed by atoms with van der Waals surface area (Å²) in [6.45, 7) is 3.26. The number of aromatic hydroxyl groups is 1. The van der Waals surface area contributed by atoms with Crippen molar-refractivity contribution < 1.29 is 5.11 Å². The molecule has 2 nitrogen and oxygen atoms in total. The van der Waals surface area contributed by atoms with E-state index in [2.05, 4.69) is 18.5 Å². The van der Waals surface area contributed by atoms with E-state index in [1.54, 1.807) is 12.1 Å². The van der Waals surface area contributed by atoms with E-state index in [0.29, 0.717) is 11.8 Å². The Morgan fingerprint density at radius 1 is 1.31 bits per heavy atom. The minimum Gasteiger partial charge on any atom is -0.508 e. The number of thioether (sulfide) groups is 1. The molecule has 1 aromatic rings. The first-order chi connectivity index (χ1) is 7.76. The fraction of sp³-hybridized carbons (Fsp3) is 0.538. The lowest BCUT2D eigenvalue weighted by Crippen LogP contribution is -2.33. The summed E-state index contributed by atoms with van der Waals surface area (Å²) in [5.41, 5.74) is 1.28. The molecule has 90 valence electrons. The summed E-state index contributed by atoms with van der Waals surface area (Å²) < 4.78 is 0. The fourth-order valence-electron chi connectivity index (χ4n) is 1.66. The number of hydrogen-bond acceptors (Lipinski definition) is 3. The smallest absolute Gasteiger partial charge is 0.115 e. The quantitative estimate of drug-likeness (QED) is 0.767. The number of nitrogens with one attached hydrogen (secondary N) is 1. The van der Waals surface area contributed by atoms with Gasteiger partial charge in [-0.05, 0) is 43.3 Å². The second-order valence-corrected chi connectivity index (χ2v) is 4.89. The van der Waals surface area contributed by atoms with Crippen LogP contribution in [0.25, 0.3) is 0 Å². The van der Waals surface area contributed by atoms with Crippen molar-refractivity contribution in [3.8, 4) is 5.75 Å². The Balaban J connectivity index is 2.49. The van der Waals surface area contributed by atoms with E-state index in [0.717, 1.165) is 18.7 Å². The molecule has 0 amide bonds. The Bertz CT molecular complexity index is 286. The van der Waals surface area contributed by atoms with Gasteiger partial charge in [-0.3, -0.25) is 0 Å². The third-order valence-corrected chi connectivity index (χ3v) is 3.21. The first kappa shape index (κ1) is 13.4. The Hall–Kier alpha value is -0.670. The number of benzene rings is 1. The van der Waals surface area contributed by atoms with Gasteiger partial charge in [0.15, 0.2) is 0 Å². The molecule has 0 aliphatic carbocycles. The van der Waals surface area contributed by atoms with Crippen molar-refractivity contribution in [3.63, 3.8) is 0 Å². The van der Waals surface area contributed by atoms with Crippen LogP contribution in [0.2, 0.25) is 0 Å². The summed E-state index contributed by atoms with van der Waals surface area (Å²) in [5, 5.41) is 12.8. The van der Waals surface area contributed by atoms with Gasteiger partial charge in [0.1, 0.15) is 5.75 Å². The van der Waals surface area contributed by atoms with Crippen molar-refractivity contribution in [2.45, 2.75) is 25.8 Å². The van der Waals surface area contributed by atoms with Crippen LogP contribution < -0.4 is 5.32 Å². The van der Waals surface area contributed by atoms with Crippen LogP contribution in [0.1, 0.15) is 18.9 Å². The van der Waals surface area contributed by atoms with E-state index in [1.165, 1.54) is 12.0 Å². The van der Waals surface area contributed by atoms with Crippen molar-refractivity contribution >= 4 is 11.8 Å². The molecule has 0 aromatic heterocycles. The first-order valence-electron chi connectivity index (χ1n) is 5.76. The van der Waals surface area contributed by atoms with Crippen LogP contribution in [0.15, 0.2) is 24.3 Å². The lowest BCUT2D eigenvalue weighted by molar-refractivity contribution is 0.474. The summed E-state index contributed by atoms with van der Waals surface area (Å²) in [4.78, 5) is 0. The molecule has 2 N–H and O–H groups in total. The summed E-state index contributed by atoms with van der Waals surface area (Å²) in [5.74, 6) is 1.47. The van der Waals surface area contributed by atoms with Gasteiger partial charge in [0.2, 0.25) is 0 Å². The second-order valence-electron chi connectivity index (χ2n) is 3.98. The van der Waals surface area contributed by atoms with E-state index in [9.17, 15) is 5.11 Å². The zero-order valence-corrected chi connectivity index (χ0v) is 10.9.